The van der Waals surface area contributed by atoms with E-state index < -0.39 is 11.7 Å². The second-order valence-electron chi connectivity index (χ2n) is 8.95. The molecule has 1 aliphatic heterocycles. The van der Waals surface area contributed by atoms with E-state index in [1.165, 1.54) is 17.4 Å². The Balaban J connectivity index is 1.49. The number of carbonyl (C=O) groups is 1. The fraction of sp³-hybridized carbons (Fsp3) is 0.440. The topological polar surface area (TPSA) is 80.2 Å². The van der Waals surface area contributed by atoms with Crippen molar-refractivity contribution < 1.29 is 22.7 Å². The molecule has 190 valence electrons. The molecule has 5 rings (SSSR count). The van der Waals surface area contributed by atoms with E-state index in [1.807, 2.05) is 0 Å². The average Bonchev–Trinajstić information content (AvgIpc) is 3.57. The molecule has 1 aromatic carbocycles. The quantitative estimate of drug-likeness (QED) is 0.420. The van der Waals surface area contributed by atoms with Crippen LogP contribution in [0.2, 0.25) is 0 Å². The van der Waals surface area contributed by atoms with Gasteiger partial charge in [0.25, 0.3) is 0 Å². The van der Waals surface area contributed by atoms with Crippen LogP contribution >= 0.6 is 11.3 Å². The first-order valence-electron chi connectivity index (χ1n) is 12.0. The minimum atomic E-state index is -4.45. The molecule has 1 amide bonds. The molecule has 1 saturated heterocycles. The lowest BCUT2D eigenvalue weighted by Crippen LogP contribution is -2.38. The zero-order valence-electron chi connectivity index (χ0n) is 19.7. The van der Waals surface area contributed by atoms with Gasteiger partial charge in [0.2, 0.25) is 5.95 Å². The maximum atomic E-state index is 13.5. The van der Waals surface area contributed by atoms with Crippen LogP contribution in [0, 0.1) is 0 Å². The fourth-order valence-corrected chi connectivity index (χ4v) is 5.44. The number of thiazole rings is 1. The Labute approximate surface area is 210 Å². The number of halogens is 3. The third-order valence-electron chi connectivity index (χ3n) is 6.28. The summed E-state index contributed by atoms with van der Waals surface area (Å²) in [6.07, 6.45) is 0.414. The SMILES string of the molecule is CCOC(=O)N1CCC(c2nc(-c3cccc(C(F)(F)F)c3)c(-c3ccnc(NC4CC4)n3)s2)CC1. The lowest BCUT2D eigenvalue weighted by atomic mass is 9.98. The van der Waals surface area contributed by atoms with Gasteiger partial charge < -0.3 is 15.0 Å². The number of benzene rings is 1. The highest BCUT2D eigenvalue weighted by molar-refractivity contribution is 7.15. The number of nitrogens with one attached hydrogen (secondary N) is 1. The number of aromatic nitrogens is 3. The van der Waals surface area contributed by atoms with Crippen molar-refractivity contribution in [1.82, 2.24) is 19.9 Å². The minimum Gasteiger partial charge on any atom is -0.450 e. The third kappa shape index (κ3) is 5.45. The number of ether oxygens (including phenoxy) is 1. The molecule has 1 aliphatic carbocycles. The smallest absolute Gasteiger partial charge is 0.416 e. The van der Waals surface area contributed by atoms with Crippen molar-refractivity contribution in [2.75, 3.05) is 25.0 Å². The van der Waals surface area contributed by atoms with E-state index in [2.05, 4.69) is 15.3 Å². The summed E-state index contributed by atoms with van der Waals surface area (Å²) in [5.41, 5.74) is 0.766. The molecule has 11 heteroatoms. The van der Waals surface area contributed by atoms with E-state index in [-0.39, 0.29) is 12.0 Å². The molecule has 0 spiro atoms. The van der Waals surface area contributed by atoms with Gasteiger partial charge in [-0.2, -0.15) is 13.2 Å². The highest BCUT2D eigenvalue weighted by atomic mass is 32.1. The van der Waals surface area contributed by atoms with Gasteiger partial charge in [-0.15, -0.1) is 11.3 Å². The molecule has 1 N–H and O–H groups in total. The molecule has 0 unspecified atom stereocenters. The number of amides is 1. The number of hydrogen-bond donors (Lipinski definition) is 1. The van der Waals surface area contributed by atoms with Crippen LogP contribution < -0.4 is 5.32 Å². The largest absolute Gasteiger partial charge is 0.450 e. The van der Waals surface area contributed by atoms with E-state index in [4.69, 9.17) is 9.72 Å². The second-order valence-corrected chi connectivity index (χ2v) is 9.98. The molecule has 0 radical (unpaired) electrons. The van der Waals surface area contributed by atoms with Crippen molar-refractivity contribution in [3.05, 3.63) is 47.1 Å². The number of rotatable bonds is 6. The third-order valence-corrected chi connectivity index (χ3v) is 7.52. The number of hydrogen-bond acceptors (Lipinski definition) is 7. The predicted octanol–water partition coefficient (Wildman–Crippen LogP) is 6.20. The Kier molecular flexibility index (Phi) is 6.83. The monoisotopic (exact) mass is 517 g/mol. The molecule has 0 bridgehead atoms. The molecule has 0 atom stereocenters. The molecule has 2 aliphatic rings. The van der Waals surface area contributed by atoms with Gasteiger partial charge >= 0.3 is 12.3 Å². The maximum absolute atomic E-state index is 13.5. The minimum absolute atomic E-state index is 0.0878. The van der Waals surface area contributed by atoms with Crippen molar-refractivity contribution in [3.8, 4) is 21.8 Å². The molecule has 2 fully saturated rings. The molecule has 3 heterocycles. The van der Waals surface area contributed by atoms with E-state index in [9.17, 15) is 18.0 Å². The molecule has 7 nitrogen and oxygen atoms in total. The van der Waals surface area contributed by atoms with Crippen LogP contribution in [0.25, 0.3) is 21.8 Å². The summed E-state index contributed by atoms with van der Waals surface area (Å²) < 4.78 is 45.5. The maximum Gasteiger partial charge on any atom is 0.416 e. The van der Waals surface area contributed by atoms with E-state index in [0.29, 0.717) is 66.4 Å². The van der Waals surface area contributed by atoms with Crippen molar-refractivity contribution >= 4 is 23.4 Å². The summed E-state index contributed by atoms with van der Waals surface area (Å²) in [4.78, 5) is 28.3. The number of carbonyl (C=O) groups excluding carboxylic acids is 1. The first-order valence-corrected chi connectivity index (χ1v) is 12.8. The number of nitrogens with zero attached hydrogens (tertiary/aromatic N) is 4. The Bertz CT molecular complexity index is 1240. The van der Waals surface area contributed by atoms with Gasteiger partial charge in [-0.05, 0) is 50.8 Å². The van der Waals surface area contributed by atoms with Crippen LogP contribution in [0.4, 0.5) is 23.9 Å². The van der Waals surface area contributed by atoms with E-state index in [0.717, 1.165) is 30.0 Å². The van der Waals surface area contributed by atoms with Crippen molar-refractivity contribution in [2.24, 2.45) is 0 Å². The molecular weight excluding hydrogens is 491 g/mol. The normalized spacial score (nSPS) is 16.7. The van der Waals surface area contributed by atoms with Crippen LogP contribution in [-0.4, -0.2) is 51.7 Å². The average molecular weight is 518 g/mol. The second kappa shape index (κ2) is 10.0. The fourth-order valence-electron chi connectivity index (χ4n) is 4.21. The van der Waals surface area contributed by atoms with Crippen molar-refractivity contribution in [3.63, 3.8) is 0 Å². The van der Waals surface area contributed by atoms with Crippen LogP contribution in [0.3, 0.4) is 0 Å². The highest BCUT2D eigenvalue weighted by Gasteiger charge is 2.32. The zero-order chi connectivity index (χ0) is 25.3. The Morgan fingerprint density at radius 2 is 1.94 bits per heavy atom. The van der Waals surface area contributed by atoms with Gasteiger partial charge in [-0.25, -0.2) is 19.7 Å². The molecule has 36 heavy (non-hydrogen) atoms. The number of piperidine rings is 1. The summed E-state index contributed by atoms with van der Waals surface area (Å²) in [5, 5.41) is 4.10. The summed E-state index contributed by atoms with van der Waals surface area (Å²) in [6, 6.07) is 7.37. The standard InChI is InChI=1S/C25H26F3N5O2S/c1-2-35-24(34)33-12-9-15(10-13-33)22-32-20(16-4-3-5-17(14-16)25(26,27)28)21(36-22)19-8-11-29-23(31-19)30-18-6-7-18/h3-5,8,11,14-15,18H,2,6-7,9-10,12-13H2,1H3,(H,29,30,31). The summed E-state index contributed by atoms with van der Waals surface area (Å²) in [7, 11) is 0. The molecule has 1 saturated carbocycles. The van der Waals surface area contributed by atoms with Crippen LogP contribution in [0.1, 0.15) is 49.1 Å². The van der Waals surface area contributed by atoms with Crippen LogP contribution in [-0.2, 0) is 10.9 Å². The summed E-state index contributed by atoms with van der Waals surface area (Å²) >= 11 is 1.45. The highest BCUT2D eigenvalue weighted by Crippen LogP contribution is 2.42. The van der Waals surface area contributed by atoms with Crippen molar-refractivity contribution in [1.29, 1.82) is 0 Å². The van der Waals surface area contributed by atoms with Gasteiger partial charge in [-0.3, -0.25) is 0 Å². The lowest BCUT2D eigenvalue weighted by molar-refractivity contribution is -0.137. The van der Waals surface area contributed by atoms with Crippen LogP contribution in [0.5, 0.6) is 0 Å². The van der Waals surface area contributed by atoms with E-state index >= 15 is 0 Å². The molecule has 2 aromatic heterocycles. The first-order chi connectivity index (χ1) is 17.3. The van der Waals surface area contributed by atoms with E-state index in [1.54, 1.807) is 30.2 Å². The lowest BCUT2D eigenvalue weighted by Gasteiger charge is -2.30. The molecule has 3 aromatic rings. The van der Waals surface area contributed by atoms with Gasteiger partial charge in [0.05, 0.1) is 33.4 Å². The summed E-state index contributed by atoms with van der Waals surface area (Å²) in [5.74, 6) is 0.590. The first kappa shape index (κ1) is 24.5. The van der Waals surface area contributed by atoms with Gasteiger partial charge in [0.1, 0.15) is 0 Å². The predicted molar refractivity (Wildman–Crippen MR) is 131 cm³/mol. The Morgan fingerprint density at radius 1 is 1.17 bits per heavy atom. The number of alkyl halides is 3. The zero-order valence-corrected chi connectivity index (χ0v) is 20.5. The summed E-state index contributed by atoms with van der Waals surface area (Å²) in [6.45, 7) is 3.18. The number of anilines is 1. The Hall–Kier alpha value is -3.21. The van der Waals surface area contributed by atoms with Crippen LogP contribution in [0.15, 0.2) is 36.5 Å². The van der Waals surface area contributed by atoms with Gasteiger partial charge in [0, 0.05) is 36.8 Å². The van der Waals surface area contributed by atoms with Gasteiger partial charge in [-0.1, -0.05) is 12.1 Å². The number of likely N-dealkylation sites (tertiary alicyclic amines) is 1. The van der Waals surface area contributed by atoms with Crippen molar-refractivity contribution in [2.45, 2.75) is 50.7 Å². The Morgan fingerprint density at radius 3 is 2.64 bits per heavy atom. The molecular formula is C25H26F3N5O2S. The van der Waals surface area contributed by atoms with Gasteiger partial charge in [0.15, 0.2) is 0 Å².